The molecule has 0 radical (unpaired) electrons. The highest BCUT2D eigenvalue weighted by atomic mass is 32.2. The molecule has 3 aromatic carbocycles. The molecule has 7 nitrogen and oxygen atoms in total. The van der Waals surface area contributed by atoms with Crippen molar-refractivity contribution in [3.63, 3.8) is 0 Å². The molecule has 1 N–H and O–H groups in total. The van der Waals surface area contributed by atoms with Crippen LogP contribution in [-0.2, 0) is 32.6 Å². The van der Waals surface area contributed by atoms with Gasteiger partial charge < -0.3 is 10.2 Å². The fourth-order valence-electron chi connectivity index (χ4n) is 4.16. The van der Waals surface area contributed by atoms with Gasteiger partial charge in [-0.25, -0.2) is 8.42 Å². The number of nitrogens with one attached hydrogen (secondary N) is 1. The van der Waals surface area contributed by atoms with Crippen molar-refractivity contribution in [1.29, 1.82) is 0 Å². The van der Waals surface area contributed by atoms with Gasteiger partial charge in [0.25, 0.3) is 10.0 Å². The summed E-state index contributed by atoms with van der Waals surface area (Å²) in [7, 11) is -4.07. The van der Waals surface area contributed by atoms with E-state index in [1.54, 1.807) is 37.3 Å². The number of hydrogen-bond acceptors (Lipinski definition) is 4. The van der Waals surface area contributed by atoms with Gasteiger partial charge in [0.2, 0.25) is 11.8 Å². The molecule has 0 aromatic heterocycles. The molecule has 0 bridgehead atoms. The Morgan fingerprint density at radius 2 is 1.47 bits per heavy atom. The lowest BCUT2D eigenvalue weighted by molar-refractivity contribution is -0.139. The fraction of sp³-hybridized carbons (Fsp3) is 0.333. The van der Waals surface area contributed by atoms with Gasteiger partial charge in [0.15, 0.2) is 0 Å². The SMILES string of the molecule is CCc1ccccc1N(CC(=O)N(Cc1ccc(C)cc1)[C@H](C)C(=O)NC(C)C)S(=O)(=O)c1ccccc1. The first-order valence-corrected chi connectivity index (χ1v) is 14.3. The minimum atomic E-state index is -4.07. The Bertz CT molecular complexity index is 1340. The Morgan fingerprint density at radius 1 is 0.868 bits per heavy atom. The molecule has 202 valence electrons. The maximum absolute atomic E-state index is 13.9. The van der Waals surface area contributed by atoms with Crippen LogP contribution >= 0.6 is 0 Å². The van der Waals surface area contributed by atoms with E-state index >= 15 is 0 Å². The molecule has 0 fully saturated rings. The highest BCUT2D eigenvalue weighted by Crippen LogP contribution is 2.28. The van der Waals surface area contributed by atoms with E-state index in [9.17, 15) is 18.0 Å². The summed E-state index contributed by atoms with van der Waals surface area (Å²) in [5, 5.41) is 2.87. The number of nitrogens with zero attached hydrogens (tertiary/aromatic N) is 2. The zero-order valence-corrected chi connectivity index (χ0v) is 23.5. The van der Waals surface area contributed by atoms with E-state index in [0.29, 0.717) is 12.1 Å². The Kier molecular flexibility index (Phi) is 9.69. The molecule has 2 amide bonds. The number of amides is 2. The van der Waals surface area contributed by atoms with Crippen molar-refractivity contribution in [2.24, 2.45) is 0 Å². The van der Waals surface area contributed by atoms with E-state index in [2.05, 4.69) is 5.32 Å². The van der Waals surface area contributed by atoms with Gasteiger partial charge >= 0.3 is 0 Å². The summed E-state index contributed by atoms with van der Waals surface area (Å²) < 4.78 is 28.9. The van der Waals surface area contributed by atoms with Gasteiger partial charge in [0.05, 0.1) is 10.6 Å². The van der Waals surface area contributed by atoms with Gasteiger partial charge in [-0.1, -0.05) is 73.2 Å². The molecule has 3 aromatic rings. The Hall–Kier alpha value is -3.65. The van der Waals surface area contributed by atoms with Gasteiger partial charge in [0, 0.05) is 12.6 Å². The highest BCUT2D eigenvalue weighted by Gasteiger charge is 2.33. The summed E-state index contributed by atoms with van der Waals surface area (Å²) >= 11 is 0. The second-order valence-electron chi connectivity index (χ2n) is 9.65. The zero-order valence-electron chi connectivity index (χ0n) is 22.7. The number of rotatable bonds is 11. The van der Waals surface area contributed by atoms with Crippen LogP contribution in [0, 0.1) is 6.92 Å². The van der Waals surface area contributed by atoms with E-state index in [1.165, 1.54) is 21.3 Å². The second-order valence-corrected chi connectivity index (χ2v) is 11.5. The number of carbonyl (C=O) groups is 2. The van der Waals surface area contributed by atoms with Crippen molar-refractivity contribution < 1.29 is 18.0 Å². The number of para-hydroxylation sites is 1. The summed E-state index contributed by atoms with van der Waals surface area (Å²) in [6, 6.07) is 22.1. The highest BCUT2D eigenvalue weighted by molar-refractivity contribution is 7.92. The van der Waals surface area contributed by atoms with Crippen molar-refractivity contribution in [2.45, 2.75) is 64.6 Å². The third kappa shape index (κ3) is 7.01. The molecule has 0 saturated heterocycles. The van der Waals surface area contributed by atoms with Crippen LogP contribution in [0.3, 0.4) is 0 Å². The lowest BCUT2D eigenvalue weighted by Gasteiger charge is -2.33. The van der Waals surface area contributed by atoms with Gasteiger partial charge in [-0.15, -0.1) is 0 Å². The van der Waals surface area contributed by atoms with Crippen LogP contribution < -0.4 is 9.62 Å². The van der Waals surface area contributed by atoms with Crippen LogP contribution in [0.5, 0.6) is 0 Å². The molecule has 0 aliphatic carbocycles. The molecular formula is C30H37N3O4S. The Labute approximate surface area is 226 Å². The lowest BCUT2D eigenvalue weighted by Crippen LogP contribution is -2.52. The van der Waals surface area contributed by atoms with Crippen LogP contribution in [0.15, 0.2) is 83.8 Å². The number of hydrogen-bond donors (Lipinski definition) is 1. The van der Waals surface area contributed by atoms with Crippen LogP contribution in [-0.4, -0.2) is 43.8 Å². The fourth-order valence-corrected chi connectivity index (χ4v) is 5.64. The molecule has 0 spiro atoms. The van der Waals surface area contributed by atoms with Gasteiger partial charge in [-0.05, 0) is 63.4 Å². The van der Waals surface area contributed by atoms with Crippen LogP contribution in [0.25, 0.3) is 0 Å². The number of aryl methyl sites for hydroxylation is 2. The molecule has 0 aliphatic rings. The Balaban J connectivity index is 2.05. The maximum atomic E-state index is 13.9. The summed E-state index contributed by atoms with van der Waals surface area (Å²) in [6.45, 7) is 9.01. The van der Waals surface area contributed by atoms with E-state index in [1.807, 2.05) is 64.1 Å². The zero-order chi connectivity index (χ0) is 27.9. The van der Waals surface area contributed by atoms with Crippen LogP contribution in [0.1, 0.15) is 44.4 Å². The topological polar surface area (TPSA) is 86.8 Å². The first-order chi connectivity index (χ1) is 18.0. The van der Waals surface area contributed by atoms with Gasteiger partial charge in [-0.2, -0.15) is 0 Å². The maximum Gasteiger partial charge on any atom is 0.264 e. The van der Waals surface area contributed by atoms with Gasteiger partial charge in [0.1, 0.15) is 12.6 Å². The molecule has 1 atom stereocenters. The van der Waals surface area contributed by atoms with Crippen molar-refractivity contribution in [2.75, 3.05) is 10.8 Å². The van der Waals surface area contributed by atoms with Crippen molar-refractivity contribution in [3.05, 3.63) is 95.6 Å². The molecule has 8 heteroatoms. The molecule has 38 heavy (non-hydrogen) atoms. The van der Waals surface area contributed by atoms with Crippen molar-refractivity contribution in [3.8, 4) is 0 Å². The summed E-state index contributed by atoms with van der Waals surface area (Å²) in [4.78, 5) is 28.5. The van der Waals surface area contributed by atoms with E-state index in [-0.39, 0.29) is 23.4 Å². The van der Waals surface area contributed by atoms with Gasteiger partial charge in [-0.3, -0.25) is 13.9 Å². The number of anilines is 1. The Morgan fingerprint density at radius 3 is 2.08 bits per heavy atom. The molecular weight excluding hydrogens is 498 g/mol. The third-order valence-electron chi connectivity index (χ3n) is 6.32. The lowest BCUT2D eigenvalue weighted by atomic mass is 10.1. The first kappa shape index (κ1) is 28.9. The van der Waals surface area contributed by atoms with Crippen LogP contribution in [0.2, 0.25) is 0 Å². The summed E-state index contributed by atoms with van der Waals surface area (Å²) in [5.74, 6) is -0.769. The smallest absolute Gasteiger partial charge is 0.264 e. The van der Waals surface area contributed by atoms with Crippen LogP contribution in [0.4, 0.5) is 5.69 Å². The summed E-state index contributed by atoms with van der Waals surface area (Å²) in [6.07, 6.45) is 0.589. The van der Waals surface area contributed by atoms with Crippen molar-refractivity contribution in [1.82, 2.24) is 10.2 Å². The van der Waals surface area contributed by atoms with E-state index in [0.717, 1.165) is 16.7 Å². The molecule has 3 rings (SSSR count). The number of benzene rings is 3. The van der Waals surface area contributed by atoms with Crippen molar-refractivity contribution >= 4 is 27.5 Å². The minimum absolute atomic E-state index is 0.0920. The molecule has 0 aliphatic heterocycles. The summed E-state index contributed by atoms with van der Waals surface area (Å²) in [5.41, 5.74) is 3.17. The largest absolute Gasteiger partial charge is 0.352 e. The molecule has 0 saturated carbocycles. The predicted molar refractivity (Wildman–Crippen MR) is 151 cm³/mol. The monoisotopic (exact) mass is 535 g/mol. The first-order valence-electron chi connectivity index (χ1n) is 12.9. The molecule has 0 heterocycles. The van der Waals surface area contributed by atoms with E-state index < -0.39 is 28.5 Å². The third-order valence-corrected chi connectivity index (χ3v) is 8.10. The number of carbonyl (C=O) groups excluding carboxylic acids is 2. The average Bonchev–Trinajstić information content (AvgIpc) is 2.90. The molecule has 0 unspecified atom stereocenters. The standard InChI is InChI=1S/C30H37N3O4S/c1-6-26-12-10-11-15-28(26)33(38(36,37)27-13-8-7-9-14-27)21-29(34)32(24(5)30(35)31-22(2)3)20-25-18-16-23(4)17-19-25/h7-19,22,24H,6,20-21H2,1-5H3,(H,31,35)/t24-/m1/s1. The normalized spacial score (nSPS) is 12.2. The number of sulfonamides is 1. The van der Waals surface area contributed by atoms with E-state index in [4.69, 9.17) is 0 Å². The minimum Gasteiger partial charge on any atom is -0.352 e. The predicted octanol–water partition coefficient (Wildman–Crippen LogP) is 4.69. The quantitative estimate of drug-likeness (QED) is 0.386. The second kappa shape index (κ2) is 12.7. The average molecular weight is 536 g/mol.